The van der Waals surface area contributed by atoms with E-state index in [-0.39, 0.29) is 5.91 Å². The molecular weight excluding hydrogens is 434 g/mol. The Bertz CT molecular complexity index is 1160. The van der Waals surface area contributed by atoms with Crippen LogP contribution in [0.15, 0.2) is 66.3 Å². The van der Waals surface area contributed by atoms with Gasteiger partial charge in [0.25, 0.3) is 5.91 Å². The minimum Gasteiger partial charge on any atom is -0.339 e. The number of imidazole rings is 1. The zero-order valence-electron chi connectivity index (χ0n) is 18.8. The molecule has 6 rings (SSSR count). The number of piperazine rings is 1. The number of pyridine rings is 1. The summed E-state index contributed by atoms with van der Waals surface area (Å²) in [7, 11) is 0. The SMILES string of the molecule is Cc1cn(-c2ccccn2)c(N2CCN([N@@+]34C=CC=C3C=C(C(=O)N3CCSC3)C4)CC2)n1. The van der Waals surface area contributed by atoms with Crippen LogP contribution >= 0.6 is 11.8 Å². The van der Waals surface area contributed by atoms with Crippen molar-refractivity contribution >= 4 is 23.6 Å². The van der Waals surface area contributed by atoms with Crippen molar-refractivity contribution in [2.45, 2.75) is 6.92 Å². The van der Waals surface area contributed by atoms with Crippen LogP contribution in [0.25, 0.3) is 5.82 Å². The molecular formula is C24H28N7OS+. The summed E-state index contributed by atoms with van der Waals surface area (Å²) in [6.07, 6.45) is 12.5. The van der Waals surface area contributed by atoms with Crippen LogP contribution in [0.1, 0.15) is 5.69 Å². The first-order valence-corrected chi connectivity index (χ1v) is 12.6. The second kappa shape index (κ2) is 8.16. The van der Waals surface area contributed by atoms with Gasteiger partial charge in [-0.2, -0.15) is 4.59 Å². The molecule has 0 bridgehead atoms. The second-order valence-corrected chi connectivity index (χ2v) is 9.95. The fourth-order valence-corrected chi connectivity index (χ4v) is 6.12. The first-order valence-electron chi connectivity index (χ1n) is 11.5. The molecule has 33 heavy (non-hydrogen) atoms. The lowest BCUT2D eigenvalue weighted by Gasteiger charge is -2.44. The molecule has 0 N–H and O–H groups in total. The van der Waals surface area contributed by atoms with Crippen LogP contribution in [-0.2, 0) is 4.79 Å². The summed E-state index contributed by atoms with van der Waals surface area (Å²) in [5.41, 5.74) is 3.11. The minimum atomic E-state index is 0.202. The molecule has 9 heteroatoms. The zero-order chi connectivity index (χ0) is 22.4. The summed E-state index contributed by atoms with van der Waals surface area (Å²) >= 11 is 1.83. The van der Waals surface area contributed by atoms with E-state index in [2.05, 4.69) is 50.1 Å². The lowest BCUT2D eigenvalue weighted by atomic mass is 10.2. The van der Waals surface area contributed by atoms with E-state index in [1.807, 2.05) is 48.0 Å². The normalized spacial score (nSPS) is 24.9. The van der Waals surface area contributed by atoms with Gasteiger partial charge in [-0.3, -0.25) is 9.36 Å². The molecule has 2 fully saturated rings. The van der Waals surface area contributed by atoms with E-state index in [0.717, 1.165) is 67.4 Å². The highest BCUT2D eigenvalue weighted by molar-refractivity contribution is 7.99. The van der Waals surface area contributed by atoms with Gasteiger partial charge in [-0.05, 0) is 25.1 Å². The maximum absolute atomic E-state index is 13.1. The molecule has 170 valence electrons. The molecule has 2 saturated heterocycles. The predicted molar refractivity (Wildman–Crippen MR) is 129 cm³/mol. The van der Waals surface area contributed by atoms with Crippen LogP contribution in [-0.4, -0.2) is 85.8 Å². The smallest absolute Gasteiger partial charge is 0.256 e. The molecule has 0 unspecified atom stereocenters. The standard InChI is InChI=1S/C24H28N7OS/c1-19-16-30(22-6-2-3-7-25-22)24(26-19)27-8-10-29(11-9-27)31-13-4-5-21(31)15-20(17-31)23(32)28-12-14-33-18-28/h2-7,13,15-16H,8-12,14,17-18H2,1H3/q+1/t31-/m1/s1. The molecule has 8 nitrogen and oxygen atoms in total. The number of hydrogen-bond acceptors (Lipinski definition) is 6. The fourth-order valence-electron chi connectivity index (χ4n) is 5.18. The number of anilines is 1. The molecule has 4 aliphatic heterocycles. The van der Waals surface area contributed by atoms with Crippen molar-refractivity contribution in [2.24, 2.45) is 0 Å². The van der Waals surface area contributed by atoms with Crippen molar-refractivity contribution in [1.82, 2.24) is 24.4 Å². The molecule has 0 radical (unpaired) electrons. The Balaban J connectivity index is 1.18. The number of allylic oxidation sites excluding steroid dienone is 3. The Morgan fingerprint density at radius 1 is 1.15 bits per heavy atom. The number of aromatic nitrogens is 3. The summed E-state index contributed by atoms with van der Waals surface area (Å²) in [4.78, 5) is 26.7. The summed E-state index contributed by atoms with van der Waals surface area (Å²) < 4.78 is 2.73. The van der Waals surface area contributed by atoms with Gasteiger partial charge in [0.05, 0.1) is 30.2 Å². The molecule has 0 spiro atoms. The molecule has 2 aromatic rings. The van der Waals surface area contributed by atoms with Crippen LogP contribution < -0.4 is 4.90 Å². The van der Waals surface area contributed by atoms with Gasteiger partial charge in [0.1, 0.15) is 18.6 Å². The van der Waals surface area contributed by atoms with Crippen molar-refractivity contribution in [3.05, 3.63) is 72.0 Å². The Labute approximate surface area is 198 Å². The van der Waals surface area contributed by atoms with Gasteiger partial charge >= 0.3 is 0 Å². The van der Waals surface area contributed by atoms with E-state index in [0.29, 0.717) is 11.1 Å². The van der Waals surface area contributed by atoms with Gasteiger partial charge in [0, 0.05) is 49.9 Å². The predicted octanol–water partition coefficient (Wildman–Crippen LogP) is 2.31. The van der Waals surface area contributed by atoms with Crippen molar-refractivity contribution in [1.29, 1.82) is 0 Å². The summed E-state index contributed by atoms with van der Waals surface area (Å²) in [6.45, 7) is 7.13. The molecule has 0 saturated carbocycles. The number of rotatable bonds is 4. The average molecular weight is 463 g/mol. The first-order chi connectivity index (χ1) is 16.1. The van der Waals surface area contributed by atoms with Crippen molar-refractivity contribution < 1.29 is 9.39 Å². The second-order valence-electron chi connectivity index (χ2n) is 8.87. The van der Waals surface area contributed by atoms with E-state index in [1.165, 1.54) is 5.70 Å². The van der Waals surface area contributed by atoms with Crippen molar-refractivity contribution in [3.63, 3.8) is 0 Å². The third kappa shape index (κ3) is 3.51. The van der Waals surface area contributed by atoms with Gasteiger partial charge < -0.3 is 9.80 Å². The Hall–Kier alpha value is -2.88. The Morgan fingerprint density at radius 3 is 2.79 bits per heavy atom. The van der Waals surface area contributed by atoms with Gasteiger partial charge in [-0.15, -0.1) is 16.8 Å². The van der Waals surface area contributed by atoms with Crippen LogP contribution in [0.4, 0.5) is 5.95 Å². The quantitative estimate of drug-likeness (QED) is 0.650. The number of aryl methyl sites for hydroxylation is 1. The number of quaternary nitrogens is 1. The van der Waals surface area contributed by atoms with E-state index < -0.39 is 0 Å². The Kier molecular flexibility index (Phi) is 5.12. The highest BCUT2D eigenvalue weighted by atomic mass is 32.2. The van der Waals surface area contributed by atoms with E-state index in [9.17, 15) is 4.79 Å². The number of carbonyl (C=O) groups excluding carboxylic acids is 1. The van der Waals surface area contributed by atoms with Gasteiger partial charge in [0.2, 0.25) is 5.95 Å². The maximum Gasteiger partial charge on any atom is 0.256 e. The monoisotopic (exact) mass is 462 g/mol. The maximum atomic E-state index is 13.1. The molecule has 1 atom stereocenters. The minimum absolute atomic E-state index is 0.202. The lowest BCUT2D eigenvalue weighted by molar-refractivity contribution is -0.948. The summed E-state index contributed by atoms with van der Waals surface area (Å²) in [5.74, 6) is 3.88. The molecule has 0 aliphatic carbocycles. The molecule has 1 amide bonds. The van der Waals surface area contributed by atoms with Crippen LogP contribution in [0.5, 0.6) is 0 Å². The molecule has 2 aromatic heterocycles. The van der Waals surface area contributed by atoms with Crippen LogP contribution in [0.2, 0.25) is 0 Å². The summed E-state index contributed by atoms with van der Waals surface area (Å²) in [6, 6.07) is 5.95. The zero-order valence-corrected chi connectivity index (χ0v) is 19.6. The molecule has 4 aliphatic rings. The number of hydrogen-bond donors (Lipinski definition) is 0. The number of amides is 1. The van der Waals surface area contributed by atoms with Gasteiger partial charge in [-0.1, -0.05) is 6.07 Å². The van der Waals surface area contributed by atoms with Crippen molar-refractivity contribution in [3.8, 4) is 5.82 Å². The van der Waals surface area contributed by atoms with E-state index in [4.69, 9.17) is 4.98 Å². The highest BCUT2D eigenvalue weighted by Crippen LogP contribution is 2.38. The lowest BCUT2D eigenvalue weighted by Crippen LogP contribution is -2.60. The van der Waals surface area contributed by atoms with Gasteiger partial charge in [0.15, 0.2) is 5.70 Å². The van der Waals surface area contributed by atoms with E-state index in [1.54, 1.807) is 0 Å². The average Bonchev–Trinajstić information content (AvgIpc) is 3.62. The Morgan fingerprint density at radius 2 is 2.03 bits per heavy atom. The van der Waals surface area contributed by atoms with E-state index >= 15 is 0 Å². The molecule has 0 aromatic carbocycles. The molecule has 6 heterocycles. The van der Waals surface area contributed by atoms with Crippen LogP contribution in [0, 0.1) is 6.92 Å². The number of fused-ring (bicyclic) bond motifs is 1. The number of thioether (sulfide) groups is 1. The van der Waals surface area contributed by atoms with Crippen LogP contribution in [0.3, 0.4) is 0 Å². The number of nitrogens with zero attached hydrogens (tertiary/aromatic N) is 7. The highest BCUT2D eigenvalue weighted by Gasteiger charge is 2.48. The largest absolute Gasteiger partial charge is 0.339 e. The third-order valence-electron chi connectivity index (χ3n) is 6.84. The topological polar surface area (TPSA) is 57.5 Å². The number of carbonyl (C=O) groups is 1. The summed E-state index contributed by atoms with van der Waals surface area (Å²) in [5, 5.41) is 2.49. The van der Waals surface area contributed by atoms with Gasteiger partial charge in [-0.25, -0.2) is 9.97 Å². The third-order valence-corrected chi connectivity index (χ3v) is 7.81. The fraction of sp³-hybridized carbons (Fsp3) is 0.375. The first kappa shape index (κ1) is 20.7. The van der Waals surface area contributed by atoms with Crippen molar-refractivity contribution in [2.75, 3.05) is 55.8 Å².